The largest absolute Gasteiger partial charge is 0.480 e. The number of halogens is 1. The number of amides is 1. The highest BCUT2D eigenvalue weighted by Crippen LogP contribution is 2.17. The lowest BCUT2D eigenvalue weighted by Gasteiger charge is -2.20. The van der Waals surface area contributed by atoms with Crippen LogP contribution in [0.5, 0.6) is 0 Å². The standard InChI is InChI=1S/C12H16ClN3O3S/c1-4-6(2)8(11(18)19)15-10(17)9-7(13)5-14-12(16-9)20-3/h5-6,8H,4H2,1-3H3,(H,15,17)(H,18,19)/t6-,8-/m0/s1. The quantitative estimate of drug-likeness (QED) is 0.616. The number of nitrogens with one attached hydrogen (secondary N) is 1. The predicted molar refractivity (Wildman–Crippen MR) is 77.2 cm³/mol. The Kier molecular flexibility index (Phi) is 6.22. The molecule has 2 N–H and O–H groups in total. The maximum atomic E-state index is 12.1. The molecule has 1 aromatic heterocycles. The highest BCUT2D eigenvalue weighted by atomic mass is 35.5. The summed E-state index contributed by atoms with van der Waals surface area (Å²) in [7, 11) is 0. The minimum absolute atomic E-state index is 0.0134. The molecule has 110 valence electrons. The second kappa shape index (κ2) is 7.44. The summed E-state index contributed by atoms with van der Waals surface area (Å²) in [5.74, 6) is -1.89. The first-order valence-electron chi connectivity index (χ1n) is 6.00. The monoisotopic (exact) mass is 317 g/mol. The van der Waals surface area contributed by atoms with E-state index >= 15 is 0 Å². The number of rotatable bonds is 6. The lowest BCUT2D eigenvalue weighted by Crippen LogP contribution is -2.45. The third-order valence-corrected chi connectivity index (χ3v) is 3.72. The molecule has 20 heavy (non-hydrogen) atoms. The molecule has 1 heterocycles. The number of hydrogen-bond acceptors (Lipinski definition) is 5. The second-order valence-corrected chi connectivity index (χ2v) is 5.41. The summed E-state index contributed by atoms with van der Waals surface area (Å²) in [4.78, 5) is 31.2. The van der Waals surface area contributed by atoms with Gasteiger partial charge in [0.25, 0.3) is 5.91 Å². The zero-order valence-electron chi connectivity index (χ0n) is 11.4. The van der Waals surface area contributed by atoms with Gasteiger partial charge in [0.15, 0.2) is 10.9 Å². The first-order chi connectivity index (χ1) is 9.40. The normalized spacial score (nSPS) is 13.6. The van der Waals surface area contributed by atoms with Crippen molar-refractivity contribution in [2.75, 3.05) is 6.26 Å². The molecular formula is C12H16ClN3O3S. The summed E-state index contributed by atoms with van der Waals surface area (Å²) in [6.07, 6.45) is 3.73. The summed E-state index contributed by atoms with van der Waals surface area (Å²) in [5.41, 5.74) is -0.0134. The van der Waals surface area contributed by atoms with Crippen molar-refractivity contribution in [1.82, 2.24) is 15.3 Å². The Hall–Kier alpha value is -1.34. The van der Waals surface area contributed by atoms with Crippen LogP contribution in [-0.2, 0) is 4.79 Å². The molecule has 8 heteroatoms. The van der Waals surface area contributed by atoms with Crippen molar-refractivity contribution >= 4 is 35.2 Å². The third kappa shape index (κ3) is 4.08. The van der Waals surface area contributed by atoms with Crippen molar-refractivity contribution in [2.24, 2.45) is 5.92 Å². The van der Waals surface area contributed by atoms with Gasteiger partial charge in [-0.25, -0.2) is 14.8 Å². The van der Waals surface area contributed by atoms with Gasteiger partial charge in [0.1, 0.15) is 6.04 Å². The highest BCUT2D eigenvalue weighted by Gasteiger charge is 2.27. The van der Waals surface area contributed by atoms with E-state index in [0.29, 0.717) is 11.6 Å². The smallest absolute Gasteiger partial charge is 0.326 e. The van der Waals surface area contributed by atoms with Gasteiger partial charge in [0, 0.05) is 0 Å². The van der Waals surface area contributed by atoms with Crippen LogP contribution < -0.4 is 5.32 Å². The fourth-order valence-electron chi connectivity index (χ4n) is 1.50. The number of aliphatic carboxylic acids is 1. The number of hydrogen-bond donors (Lipinski definition) is 2. The van der Waals surface area contributed by atoms with E-state index in [0.717, 1.165) is 0 Å². The Balaban J connectivity index is 2.97. The fourth-order valence-corrected chi connectivity index (χ4v) is 2.02. The van der Waals surface area contributed by atoms with Crippen LogP contribution in [0.1, 0.15) is 30.8 Å². The zero-order valence-corrected chi connectivity index (χ0v) is 13.0. The molecular weight excluding hydrogens is 302 g/mol. The summed E-state index contributed by atoms with van der Waals surface area (Å²) >= 11 is 7.15. The van der Waals surface area contributed by atoms with E-state index in [1.807, 2.05) is 6.92 Å². The van der Waals surface area contributed by atoms with Gasteiger partial charge in [0.2, 0.25) is 0 Å². The molecule has 0 aromatic carbocycles. The Labute approximate surface area is 126 Å². The number of carboxylic acid groups (broad SMARTS) is 1. The van der Waals surface area contributed by atoms with Crippen molar-refractivity contribution < 1.29 is 14.7 Å². The van der Waals surface area contributed by atoms with E-state index in [4.69, 9.17) is 16.7 Å². The lowest BCUT2D eigenvalue weighted by molar-refractivity contribution is -0.140. The lowest BCUT2D eigenvalue weighted by atomic mass is 9.99. The average molecular weight is 318 g/mol. The molecule has 0 aliphatic carbocycles. The van der Waals surface area contributed by atoms with Crippen LogP contribution in [0.3, 0.4) is 0 Å². The van der Waals surface area contributed by atoms with Gasteiger partial charge in [-0.1, -0.05) is 43.6 Å². The topological polar surface area (TPSA) is 92.2 Å². The van der Waals surface area contributed by atoms with Gasteiger partial charge in [-0.2, -0.15) is 0 Å². The zero-order chi connectivity index (χ0) is 15.3. The van der Waals surface area contributed by atoms with E-state index in [9.17, 15) is 9.59 Å². The summed E-state index contributed by atoms with van der Waals surface area (Å²) in [6.45, 7) is 3.62. The molecule has 0 spiro atoms. The Bertz CT molecular complexity index is 513. The first kappa shape index (κ1) is 16.7. The van der Waals surface area contributed by atoms with Crippen LogP contribution >= 0.6 is 23.4 Å². The molecule has 0 aliphatic rings. The molecule has 1 aromatic rings. The number of aromatic nitrogens is 2. The van der Waals surface area contributed by atoms with E-state index < -0.39 is 17.9 Å². The first-order valence-corrected chi connectivity index (χ1v) is 7.61. The molecule has 1 rings (SSSR count). The van der Waals surface area contributed by atoms with Gasteiger partial charge in [-0.3, -0.25) is 4.79 Å². The molecule has 0 fully saturated rings. The summed E-state index contributed by atoms with van der Waals surface area (Å²) in [5, 5.41) is 12.1. The van der Waals surface area contributed by atoms with Crippen molar-refractivity contribution in [1.29, 1.82) is 0 Å². The SMILES string of the molecule is CC[C@H](C)[C@H](NC(=O)c1nc(SC)ncc1Cl)C(=O)O. The minimum atomic E-state index is -1.08. The van der Waals surface area contributed by atoms with Crippen molar-refractivity contribution in [2.45, 2.75) is 31.5 Å². The van der Waals surface area contributed by atoms with Crippen molar-refractivity contribution in [3.63, 3.8) is 0 Å². The molecule has 0 unspecified atom stereocenters. The Morgan fingerprint density at radius 1 is 1.55 bits per heavy atom. The van der Waals surface area contributed by atoms with Gasteiger partial charge in [0.05, 0.1) is 11.2 Å². The molecule has 1 amide bonds. The van der Waals surface area contributed by atoms with Crippen LogP contribution in [-0.4, -0.2) is 39.2 Å². The molecule has 2 atom stereocenters. The molecule has 0 aliphatic heterocycles. The third-order valence-electron chi connectivity index (χ3n) is 2.89. The number of nitrogens with zero attached hydrogens (tertiary/aromatic N) is 2. The number of carbonyl (C=O) groups excluding carboxylic acids is 1. The molecule has 0 saturated carbocycles. The Morgan fingerprint density at radius 3 is 2.70 bits per heavy atom. The minimum Gasteiger partial charge on any atom is -0.480 e. The molecule has 6 nitrogen and oxygen atoms in total. The van der Waals surface area contributed by atoms with Gasteiger partial charge in [-0.15, -0.1) is 0 Å². The van der Waals surface area contributed by atoms with E-state index in [-0.39, 0.29) is 16.6 Å². The van der Waals surface area contributed by atoms with E-state index in [1.165, 1.54) is 18.0 Å². The van der Waals surface area contributed by atoms with Crippen LogP contribution in [0, 0.1) is 5.92 Å². The number of thioether (sulfide) groups is 1. The Morgan fingerprint density at radius 2 is 2.20 bits per heavy atom. The predicted octanol–water partition coefficient (Wildman–Crippen LogP) is 2.08. The molecule has 0 radical (unpaired) electrons. The fraction of sp³-hybridized carbons (Fsp3) is 0.500. The number of carbonyl (C=O) groups is 2. The van der Waals surface area contributed by atoms with Crippen LogP contribution in [0.2, 0.25) is 5.02 Å². The molecule has 0 saturated heterocycles. The average Bonchev–Trinajstić information content (AvgIpc) is 2.43. The second-order valence-electron chi connectivity index (χ2n) is 4.23. The summed E-state index contributed by atoms with van der Waals surface area (Å²) in [6, 6.07) is -0.976. The summed E-state index contributed by atoms with van der Waals surface area (Å²) < 4.78 is 0. The molecule has 0 bridgehead atoms. The number of carboxylic acids is 1. The van der Waals surface area contributed by atoms with Crippen LogP contribution in [0.4, 0.5) is 0 Å². The van der Waals surface area contributed by atoms with E-state index in [1.54, 1.807) is 13.2 Å². The van der Waals surface area contributed by atoms with Crippen LogP contribution in [0.15, 0.2) is 11.4 Å². The van der Waals surface area contributed by atoms with E-state index in [2.05, 4.69) is 15.3 Å². The van der Waals surface area contributed by atoms with Gasteiger partial charge in [-0.05, 0) is 12.2 Å². The van der Waals surface area contributed by atoms with Crippen molar-refractivity contribution in [3.05, 3.63) is 16.9 Å². The maximum absolute atomic E-state index is 12.1. The highest BCUT2D eigenvalue weighted by molar-refractivity contribution is 7.98. The van der Waals surface area contributed by atoms with Crippen LogP contribution in [0.25, 0.3) is 0 Å². The maximum Gasteiger partial charge on any atom is 0.326 e. The van der Waals surface area contributed by atoms with Gasteiger partial charge >= 0.3 is 5.97 Å². The van der Waals surface area contributed by atoms with Crippen molar-refractivity contribution in [3.8, 4) is 0 Å². The van der Waals surface area contributed by atoms with Gasteiger partial charge < -0.3 is 10.4 Å².